The lowest BCUT2D eigenvalue weighted by Gasteiger charge is -2.38. The minimum Gasteiger partial charge on any atom is -0.466 e. The van der Waals surface area contributed by atoms with Gasteiger partial charge in [0.1, 0.15) is 5.60 Å². The first-order chi connectivity index (χ1) is 13.0. The first-order valence-corrected chi connectivity index (χ1v) is 12.8. The Morgan fingerprint density at radius 1 is 1.14 bits per heavy atom. The van der Waals surface area contributed by atoms with Gasteiger partial charge in [0.05, 0.1) is 31.6 Å². The van der Waals surface area contributed by atoms with Crippen molar-refractivity contribution < 1.29 is 28.4 Å². The van der Waals surface area contributed by atoms with Gasteiger partial charge >= 0.3 is 12.1 Å². The quantitative estimate of drug-likeness (QED) is 0.241. The molecule has 170 valence electrons. The van der Waals surface area contributed by atoms with Gasteiger partial charge in [0.25, 0.3) is 0 Å². The van der Waals surface area contributed by atoms with Crippen LogP contribution in [0.5, 0.6) is 0 Å². The van der Waals surface area contributed by atoms with Crippen molar-refractivity contribution in [3.05, 3.63) is 10.1 Å². The molecule has 29 heavy (non-hydrogen) atoms. The Balaban J connectivity index is 5.59. The second kappa shape index (κ2) is 10.9. The number of nitro groups is 1. The van der Waals surface area contributed by atoms with Gasteiger partial charge in [-0.25, -0.2) is 4.79 Å². The zero-order valence-electron chi connectivity index (χ0n) is 19.3. The summed E-state index contributed by atoms with van der Waals surface area (Å²) < 4.78 is 16.4. The van der Waals surface area contributed by atoms with Gasteiger partial charge in [-0.3, -0.25) is 14.9 Å². The molecule has 0 fully saturated rings. The average Bonchev–Trinajstić information content (AvgIpc) is 2.47. The number of hydrogen-bond donors (Lipinski definition) is 1. The van der Waals surface area contributed by atoms with Crippen LogP contribution in [0.2, 0.25) is 18.1 Å². The van der Waals surface area contributed by atoms with Crippen LogP contribution in [0.25, 0.3) is 0 Å². The van der Waals surface area contributed by atoms with Crippen molar-refractivity contribution in [1.82, 2.24) is 5.32 Å². The summed E-state index contributed by atoms with van der Waals surface area (Å²) in [4.78, 5) is 35.0. The van der Waals surface area contributed by atoms with Gasteiger partial charge in [0.2, 0.25) is 6.54 Å². The summed E-state index contributed by atoms with van der Waals surface area (Å²) in [6, 6.07) is -0.770. The van der Waals surface area contributed by atoms with E-state index in [9.17, 15) is 19.7 Å². The molecule has 0 rings (SSSR count). The molecule has 0 saturated heterocycles. The van der Waals surface area contributed by atoms with Crippen molar-refractivity contribution in [2.75, 3.05) is 19.8 Å². The van der Waals surface area contributed by atoms with Crippen LogP contribution < -0.4 is 5.32 Å². The highest BCUT2D eigenvalue weighted by Crippen LogP contribution is 2.36. The van der Waals surface area contributed by atoms with Crippen molar-refractivity contribution in [3.8, 4) is 0 Å². The lowest BCUT2D eigenvalue weighted by Crippen LogP contribution is -2.51. The third-order valence-corrected chi connectivity index (χ3v) is 9.32. The Labute approximate surface area is 175 Å². The maximum atomic E-state index is 12.3. The topological polar surface area (TPSA) is 117 Å². The standard InChI is InChI=1S/C19H38N2O7Si/c1-10-26-16(22)11-14(12-21(24)25)15(20-17(23)28-18(2,3)4)13-27-29(8,9)19(5,6)7/h14-15H,10-13H2,1-9H3,(H,20,23)/t14-,15?/m0/s1. The molecule has 1 N–H and O–H groups in total. The fourth-order valence-electron chi connectivity index (χ4n) is 2.23. The highest BCUT2D eigenvalue weighted by molar-refractivity contribution is 6.74. The van der Waals surface area contributed by atoms with Crippen molar-refractivity contribution >= 4 is 20.4 Å². The molecule has 10 heteroatoms. The smallest absolute Gasteiger partial charge is 0.407 e. The van der Waals surface area contributed by atoms with E-state index in [1.807, 2.05) is 13.1 Å². The second-order valence-electron chi connectivity index (χ2n) is 9.61. The summed E-state index contributed by atoms with van der Waals surface area (Å²) in [6.07, 6.45) is -0.908. The monoisotopic (exact) mass is 434 g/mol. The fourth-order valence-corrected chi connectivity index (χ4v) is 3.26. The van der Waals surface area contributed by atoms with Crippen LogP contribution in [0.4, 0.5) is 4.79 Å². The highest BCUT2D eigenvalue weighted by Gasteiger charge is 2.39. The van der Waals surface area contributed by atoms with E-state index in [0.29, 0.717) is 0 Å². The molecule has 2 atom stereocenters. The van der Waals surface area contributed by atoms with Gasteiger partial charge in [0.15, 0.2) is 8.32 Å². The summed E-state index contributed by atoms with van der Waals surface area (Å²) in [7, 11) is -2.18. The first-order valence-electron chi connectivity index (χ1n) is 9.89. The zero-order chi connectivity index (χ0) is 23.0. The van der Waals surface area contributed by atoms with Crippen molar-refractivity contribution in [2.24, 2.45) is 5.92 Å². The molecule has 0 aromatic carbocycles. The molecule has 1 unspecified atom stereocenters. The predicted molar refractivity (Wildman–Crippen MR) is 113 cm³/mol. The lowest BCUT2D eigenvalue weighted by atomic mass is 9.96. The molecule has 9 nitrogen and oxygen atoms in total. The number of rotatable bonds is 10. The van der Waals surface area contributed by atoms with Crippen LogP contribution in [0.15, 0.2) is 0 Å². The molecular weight excluding hydrogens is 396 g/mol. The molecule has 0 aromatic rings. The Kier molecular flexibility index (Phi) is 10.3. The van der Waals surface area contributed by atoms with E-state index in [1.165, 1.54) is 0 Å². The zero-order valence-corrected chi connectivity index (χ0v) is 20.3. The first kappa shape index (κ1) is 27.3. The van der Waals surface area contributed by atoms with Crippen LogP contribution in [0.1, 0.15) is 54.9 Å². The molecule has 0 bridgehead atoms. The molecule has 1 amide bonds. The van der Waals surface area contributed by atoms with Gasteiger partial charge in [-0.15, -0.1) is 0 Å². The number of nitrogens with zero attached hydrogens (tertiary/aromatic N) is 1. The number of esters is 1. The minimum absolute atomic E-state index is 0.0493. The summed E-state index contributed by atoms with van der Waals surface area (Å²) in [5.74, 6) is -1.34. The largest absolute Gasteiger partial charge is 0.466 e. The van der Waals surface area contributed by atoms with Crippen molar-refractivity contribution in [3.63, 3.8) is 0 Å². The van der Waals surface area contributed by atoms with Crippen LogP contribution in [0, 0.1) is 16.0 Å². The molecule has 0 aliphatic carbocycles. The molecule has 0 spiro atoms. The summed E-state index contributed by atoms with van der Waals surface area (Å²) in [5.41, 5.74) is -0.728. The number of carbonyl (C=O) groups excluding carboxylic acids is 2. The van der Waals surface area contributed by atoms with E-state index in [4.69, 9.17) is 13.9 Å². The SMILES string of the molecule is CCOC(=O)C[C@@H](C[N+](=O)[O-])C(CO[Si](C)(C)C(C)(C)C)NC(=O)OC(C)(C)C. The third kappa shape index (κ3) is 11.2. The Bertz CT molecular complexity index is 568. The molecule has 0 aromatic heterocycles. The minimum atomic E-state index is -2.18. The Hall–Kier alpha value is -1.68. The summed E-state index contributed by atoms with van der Waals surface area (Å²) >= 11 is 0. The number of amides is 1. The van der Waals surface area contributed by atoms with Crippen LogP contribution in [0.3, 0.4) is 0 Å². The van der Waals surface area contributed by atoms with Gasteiger partial charge in [-0.1, -0.05) is 20.8 Å². The molecule has 0 aliphatic heterocycles. The highest BCUT2D eigenvalue weighted by atomic mass is 28.4. The number of nitrogens with one attached hydrogen (secondary N) is 1. The molecule has 0 saturated carbocycles. The fraction of sp³-hybridized carbons (Fsp3) is 0.895. The number of ether oxygens (including phenoxy) is 2. The van der Waals surface area contributed by atoms with E-state index < -0.39 is 49.4 Å². The Morgan fingerprint density at radius 3 is 2.10 bits per heavy atom. The van der Waals surface area contributed by atoms with Gasteiger partial charge in [-0.05, 0) is 45.8 Å². The maximum Gasteiger partial charge on any atom is 0.407 e. The summed E-state index contributed by atoms with van der Waals surface area (Å²) in [6.45, 7) is 16.9. The predicted octanol–water partition coefficient (Wildman–Crippen LogP) is 3.75. The average molecular weight is 435 g/mol. The number of alkyl carbamates (subject to hydrolysis) is 1. The normalized spacial score (nSPS) is 14.7. The van der Waals surface area contributed by atoms with Gasteiger partial charge in [0, 0.05) is 4.92 Å². The molecular formula is C19H38N2O7Si. The molecule has 0 radical (unpaired) electrons. The molecule has 0 heterocycles. The summed E-state index contributed by atoms with van der Waals surface area (Å²) in [5, 5.41) is 13.8. The maximum absolute atomic E-state index is 12.3. The van der Waals surface area contributed by atoms with Gasteiger partial charge in [-0.2, -0.15) is 0 Å². The Morgan fingerprint density at radius 2 is 1.69 bits per heavy atom. The van der Waals surface area contributed by atoms with Crippen LogP contribution in [-0.4, -0.2) is 56.7 Å². The van der Waals surface area contributed by atoms with E-state index >= 15 is 0 Å². The number of carbonyl (C=O) groups is 2. The third-order valence-electron chi connectivity index (χ3n) is 4.82. The second-order valence-corrected chi connectivity index (χ2v) is 14.4. The van der Waals surface area contributed by atoms with E-state index in [1.54, 1.807) is 27.7 Å². The van der Waals surface area contributed by atoms with Crippen molar-refractivity contribution in [2.45, 2.75) is 84.7 Å². The van der Waals surface area contributed by atoms with E-state index in [0.717, 1.165) is 0 Å². The molecule has 0 aliphatic rings. The van der Waals surface area contributed by atoms with Gasteiger partial charge < -0.3 is 19.2 Å². The van der Waals surface area contributed by atoms with Crippen LogP contribution >= 0.6 is 0 Å². The van der Waals surface area contributed by atoms with E-state index in [-0.39, 0.29) is 24.7 Å². The van der Waals surface area contributed by atoms with E-state index in [2.05, 4.69) is 26.1 Å². The lowest BCUT2D eigenvalue weighted by molar-refractivity contribution is -0.489. The number of hydrogen-bond acceptors (Lipinski definition) is 7. The van der Waals surface area contributed by atoms with Crippen LogP contribution in [-0.2, 0) is 18.7 Å². The van der Waals surface area contributed by atoms with Crippen molar-refractivity contribution in [1.29, 1.82) is 0 Å².